The zero-order valence-electron chi connectivity index (χ0n) is 22.2. The maximum absolute atomic E-state index is 11.7. The van der Waals surface area contributed by atoms with Crippen LogP contribution in [0.3, 0.4) is 0 Å². The van der Waals surface area contributed by atoms with Gasteiger partial charge < -0.3 is 20.2 Å². The number of sulfone groups is 1. The highest BCUT2D eigenvalue weighted by Gasteiger charge is 2.41. The highest BCUT2D eigenvalue weighted by Crippen LogP contribution is 2.39. The van der Waals surface area contributed by atoms with Gasteiger partial charge in [0.15, 0.2) is 0 Å². The fraction of sp³-hybridized carbons (Fsp3) is 0.536. The van der Waals surface area contributed by atoms with Crippen molar-refractivity contribution < 1.29 is 13.5 Å². The van der Waals surface area contributed by atoms with Gasteiger partial charge in [0.05, 0.1) is 11.9 Å². The fourth-order valence-electron chi connectivity index (χ4n) is 6.45. The van der Waals surface area contributed by atoms with Crippen LogP contribution in [0.5, 0.6) is 0 Å². The number of nitrogens with zero attached hydrogens (tertiary/aromatic N) is 5. The third kappa shape index (κ3) is 4.91. The number of benzene rings is 1. The molecule has 4 heterocycles. The minimum Gasteiger partial charge on any atom is -0.392 e. The van der Waals surface area contributed by atoms with Crippen molar-refractivity contribution in [2.45, 2.75) is 38.7 Å². The van der Waals surface area contributed by atoms with Crippen molar-refractivity contribution in [1.29, 1.82) is 0 Å². The molecule has 10 heteroatoms. The van der Waals surface area contributed by atoms with Crippen LogP contribution in [0.2, 0.25) is 0 Å². The summed E-state index contributed by atoms with van der Waals surface area (Å²) in [4.78, 5) is 18.5. The normalized spacial score (nSPS) is 23.8. The van der Waals surface area contributed by atoms with E-state index in [1.165, 1.54) is 11.8 Å². The average Bonchev–Trinajstić information content (AvgIpc) is 3.04. The molecule has 202 valence electrons. The van der Waals surface area contributed by atoms with Gasteiger partial charge in [0, 0.05) is 73.7 Å². The van der Waals surface area contributed by atoms with Crippen LogP contribution in [0, 0.1) is 17.8 Å². The van der Waals surface area contributed by atoms with E-state index in [1.807, 2.05) is 12.3 Å². The summed E-state index contributed by atoms with van der Waals surface area (Å²) in [6.45, 7) is 7.43. The Morgan fingerprint density at radius 2 is 1.74 bits per heavy atom. The van der Waals surface area contributed by atoms with Crippen LogP contribution < -0.4 is 15.1 Å². The van der Waals surface area contributed by atoms with Crippen molar-refractivity contribution in [3.63, 3.8) is 0 Å². The van der Waals surface area contributed by atoms with Gasteiger partial charge >= 0.3 is 0 Å². The molecule has 9 nitrogen and oxygen atoms in total. The van der Waals surface area contributed by atoms with Crippen molar-refractivity contribution in [3.05, 3.63) is 42.2 Å². The molecule has 1 unspecified atom stereocenters. The predicted octanol–water partition coefficient (Wildman–Crippen LogP) is 3.58. The van der Waals surface area contributed by atoms with E-state index in [-0.39, 0.29) is 17.8 Å². The minimum atomic E-state index is -2.97. The smallest absolute Gasteiger partial charge is 0.227 e. The molecule has 6 rings (SSSR count). The first-order valence-electron chi connectivity index (χ1n) is 13.5. The number of fused-ring (bicyclic) bond motifs is 3. The zero-order chi connectivity index (χ0) is 26.6. The maximum Gasteiger partial charge on any atom is 0.227 e. The van der Waals surface area contributed by atoms with E-state index in [0.717, 1.165) is 55.5 Å². The lowest BCUT2D eigenvalue weighted by molar-refractivity contribution is 0.0788. The van der Waals surface area contributed by atoms with Crippen LogP contribution in [-0.2, 0) is 9.84 Å². The van der Waals surface area contributed by atoms with Gasteiger partial charge in [-0.15, -0.1) is 0 Å². The summed E-state index contributed by atoms with van der Waals surface area (Å²) in [5.74, 6) is 3.43. The molecule has 3 atom stereocenters. The topological polar surface area (TPSA) is 112 Å². The number of rotatable bonds is 7. The summed E-state index contributed by atoms with van der Waals surface area (Å²) >= 11 is 0. The molecule has 0 spiro atoms. The largest absolute Gasteiger partial charge is 0.392 e. The molecule has 2 bridgehead atoms. The lowest BCUT2D eigenvalue weighted by Crippen LogP contribution is -2.49. The number of aliphatic hydroxyl groups is 1. The number of pyridine rings is 1. The number of hydrogen-bond donors (Lipinski definition) is 2. The minimum absolute atomic E-state index is 0.170. The van der Waals surface area contributed by atoms with E-state index in [9.17, 15) is 13.5 Å². The average molecular weight is 537 g/mol. The Morgan fingerprint density at radius 3 is 2.42 bits per heavy atom. The summed E-state index contributed by atoms with van der Waals surface area (Å²) in [7, 11) is -2.97. The van der Waals surface area contributed by atoms with Crippen LogP contribution in [0.4, 0.5) is 23.3 Å². The van der Waals surface area contributed by atoms with Gasteiger partial charge in [0.1, 0.15) is 21.5 Å². The Kier molecular flexibility index (Phi) is 6.42. The quantitative estimate of drug-likeness (QED) is 0.468. The second kappa shape index (κ2) is 9.64. The van der Waals surface area contributed by atoms with Gasteiger partial charge in [-0.25, -0.2) is 18.4 Å². The SMILES string of the molecule is CC(C)c1ccc(N2CC(CS(C)(=O)=O)C2)c2cnc(Nc3ccnc(N4C[C@H]5CC[C@@H](C4)C5O)n3)cc12. The fourth-order valence-corrected chi connectivity index (χ4v) is 7.52. The van der Waals surface area contributed by atoms with E-state index in [2.05, 4.69) is 52.1 Å². The van der Waals surface area contributed by atoms with Gasteiger partial charge in [-0.2, -0.15) is 4.98 Å². The van der Waals surface area contributed by atoms with E-state index in [1.54, 1.807) is 6.20 Å². The molecule has 38 heavy (non-hydrogen) atoms. The van der Waals surface area contributed by atoms with Gasteiger partial charge in [0.25, 0.3) is 0 Å². The molecule has 3 aliphatic rings. The first kappa shape index (κ1) is 25.3. The summed E-state index contributed by atoms with van der Waals surface area (Å²) in [5, 5.41) is 16.0. The molecule has 2 aromatic heterocycles. The van der Waals surface area contributed by atoms with Gasteiger partial charge in [0.2, 0.25) is 5.95 Å². The number of piperidine rings is 1. The number of hydrogen-bond acceptors (Lipinski definition) is 9. The molecular formula is C28H36N6O3S. The Hall–Kier alpha value is -2.98. The number of aromatic nitrogens is 3. The van der Waals surface area contributed by atoms with Crippen LogP contribution in [0.25, 0.3) is 10.8 Å². The zero-order valence-corrected chi connectivity index (χ0v) is 23.0. The molecule has 2 aliphatic heterocycles. The third-order valence-corrected chi connectivity index (χ3v) is 9.41. The van der Waals surface area contributed by atoms with E-state index in [4.69, 9.17) is 9.97 Å². The van der Waals surface area contributed by atoms with Crippen LogP contribution in [0.15, 0.2) is 36.7 Å². The van der Waals surface area contributed by atoms with Crippen LogP contribution >= 0.6 is 0 Å². The van der Waals surface area contributed by atoms with Gasteiger partial charge in [-0.3, -0.25) is 0 Å². The molecule has 0 radical (unpaired) electrons. The Morgan fingerprint density at radius 1 is 1.00 bits per heavy atom. The van der Waals surface area contributed by atoms with E-state index >= 15 is 0 Å². The van der Waals surface area contributed by atoms with Crippen molar-refractivity contribution in [3.8, 4) is 0 Å². The Labute approximate surface area is 224 Å². The predicted molar refractivity (Wildman–Crippen MR) is 151 cm³/mol. The number of nitrogens with one attached hydrogen (secondary N) is 1. The summed E-state index contributed by atoms with van der Waals surface area (Å²) in [6.07, 6.45) is 6.93. The van der Waals surface area contributed by atoms with Crippen LogP contribution in [0.1, 0.15) is 38.2 Å². The molecule has 3 fully saturated rings. The van der Waals surface area contributed by atoms with Crippen LogP contribution in [-0.4, -0.2) is 72.8 Å². The number of anilines is 4. The maximum atomic E-state index is 11.7. The van der Waals surface area contributed by atoms with Gasteiger partial charge in [-0.05, 0) is 47.9 Å². The molecule has 0 amide bonds. The first-order valence-corrected chi connectivity index (χ1v) is 15.6. The molecular weight excluding hydrogens is 500 g/mol. The van der Waals surface area contributed by atoms with Crippen molar-refractivity contribution in [1.82, 2.24) is 15.0 Å². The Bertz CT molecular complexity index is 1440. The van der Waals surface area contributed by atoms with Crippen molar-refractivity contribution in [2.75, 3.05) is 53.3 Å². The van der Waals surface area contributed by atoms with E-state index in [0.29, 0.717) is 35.3 Å². The molecule has 1 aliphatic carbocycles. The summed E-state index contributed by atoms with van der Waals surface area (Å²) < 4.78 is 23.4. The summed E-state index contributed by atoms with van der Waals surface area (Å²) in [5.41, 5.74) is 2.34. The standard InChI is InChI=1S/C28H36N6O3S/c1-17(2)21-6-7-24(33-12-18(13-33)16-38(3,36)37)23-11-30-26(10-22(21)23)31-25-8-9-29-28(32-25)34-14-19-4-5-20(15-34)27(19)35/h6-11,17-20,27,35H,4-5,12-16H2,1-3H3,(H,29,30,31,32)/t19-,20+,27?. The molecule has 2 N–H and O–H groups in total. The number of aliphatic hydroxyl groups excluding tert-OH is 1. The first-order chi connectivity index (χ1) is 18.1. The van der Waals surface area contributed by atoms with Gasteiger partial charge in [-0.1, -0.05) is 19.9 Å². The lowest BCUT2D eigenvalue weighted by atomic mass is 9.93. The highest BCUT2D eigenvalue weighted by molar-refractivity contribution is 7.90. The molecule has 2 saturated heterocycles. The molecule has 1 aromatic carbocycles. The second-order valence-corrected chi connectivity index (χ2v) is 13.9. The lowest BCUT2D eigenvalue weighted by Gasteiger charge is -2.41. The monoisotopic (exact) mass is 536 g/mol. The molecule has 1 saturated carbocycles. The van der Waals surface area contributed by atoms with Crippen molar-refractivity contribution in [2.24, 2.45) is 17.8 Å². The second-order valence-electron chi connectivity index (χ2n) is 11.7. The third-order valence-electron chi connectivity index (χ3n) is 8.34. The highest BCUT2D eigenvalue weighted by atomic mass is 32.2. The van der Waals surface area contributed by atoms with Crippen molar-refractivity contribution >= 4 is 43.9 Å². The molecule has 3 aromatic rings. The Balaban J connectivity index is 1.24. The van der Waals surface area contributed by atoms with E-state index < -0.39 is 9.84 Å². The summed E-state index contributed by atoms with van der Waals surface area (Å²) in [6, 6.07) is 8.26.